The van der Waals surface area contributed by atoms with Gasteiger partial charge in [0, 0.05) is 31.8 Å². The Hall–Kier alpha value is -1.17. The van der Waals surface area contributed by atoms with E-state index >= 15 is 0 Å². The fourth-order valence-corrected chi connectivity index (χ4v) is 12.1. The molecular weight excluding hydrogens is 430 g/mol. The Kier molecular flexibility index (Phi) is 15.8. The largest absolute Gasteiger partial charge is 0.462 e. The van der Waals surface area contributed by atoms with Crippen molar-refractivity contribution in [2.75, 3.05) is 33.0 Å². The summed E-state index contributed by atoms with van der Waals surface area (Å²) in [7, 11) is -3.18. The lowest BCUT2D eigenvalue weighted by Gasteiger charge is -2.34. The third-order valence-electron chi connectivity index (χ3n) is 4.59. The Morgan fingerprint density at radius 3 is 2.03 bits per heavy atom. The van der Waals surface area contributed by atoms with E-state index in [0.717, 1.165) is 12.5 Å². The van der Waals surface area contributed by atoms with Gasteiger partial charge in [-0.05, 0) is 58.0 Å². The Morgan fingerprint density at radius 1 is 0.839 bits per heavy atom. The van der Waals surface area contributed by atoms with Gasteiger partial charge in [0.1, 0.15) is 0 Å². The quantitative estimate of drug-likeness (QED) is 0.126. The number of unbranched alkanes of at least 4 members (excludes halogenated alkanes) is 1. The Labute approximate surface area is 191 Å². The topological polar surface area (TPSA) is 83.1 Å². The molecule has 31 heavy (non-hydrogen) atoms. The molecule has 0 radical (unpaired) electrons. The number of alkyl carbamates (subject to hydrolysis) is 1. The van der Waals surface area contributed by atoms with Crippen molar-refractivity contribution in [2.45, 2.75) is 84.2 Å². The zero-order valence-electron chi connectivity index (χ0n) is 20.6. The summed E-state index contributed by atoms with van der Waals surface area (Å²) >= 11 is 0. The maximum Gasteiger partial charge on any atom is 0.407 e. The van der Waals surface area contributed by atoms with Crippen LogP contribution in [0.25, 0.3) is 0 Å². The normalized spacial score (nSPS) is 11.8. The first kappa shape index (κ1) is 29.8. The highest BCUT2D eigenvalue weighted by atomic mass is 28.4. The number of carbonyl (C=O) groups is 2. The number of amides is 1. The van der Waals surface area contributed by atoms with E-state index in [1.54, 1.807) is 6.92 Å². The van der Waals surface area contributed by atoms with Crippen molar-refractivity contribution in [1.29, 1.82) is 0 Å². The van der Waals surface area contributed by atoms with Crippen molar-refractivity contribution in [3.63, 3.8) is 0 Å². The number of nitrogens with one attached hydrogen (secondary N) is 1. The van der Waals surface area contributed by atoms with Crippen LogP contribution in [0.4, 0.5) is 4.79 Å². The number of rotatable bonds is 18. The van der Waals surface area contributed by atoms with Crippen LogP contribution in [0.15, 0.2) is 12.2 Å². The van der Waals surface area contributed by atoms with Gasteiger partial charge in [0.05, 0.1) is 13.2 Å². The van der Waals surface area contributed by atoms with E-state index in [1.807, 2.05) is 0 Å². The van der Waals surface area contributed by atoms with Crippen LogP contribution in [0.5, 0.6) is 0 Å². The first-order chi connectivity index (χ1) is 14.5. The van der Waals surface area contributed by atoms with Crippen LogP contribution in [0.2, 0.25) is 38.3 Å². The second-order valence-electron chi connectivity index (χ2n) is 9.13. The third kappa shape index (κ3) is 18.1. The predicted molar refractivity (Wildman–Crippen MR) is 130 cm³/mol. The van der Waals surface area contributed by atoms with Crippen molar-refractivity contribution in [1.82, 2.24) is 5.32 Å². The summed E-state index contributed by atoms with van der Waals surface area (Å²) in [6.07, 6.45) is 4.23. The molecule has 9 heteroatoms. The van der Waals surface area contributed by atoms with Gasteiger partial charge in [-0.2, -0.15) is 0 Å². The van der Waals surface area contributed by atoms with Gasteiger partial charge in [0.25, 0.3) is 0 Å². The molecule has 1 amide bonds. The molecule has 0 unspecified atom stereocenters. The van der Waals surface area contributed by atoms with Crippen molar-refractivity contribution >= 4 is 28.7 Å². The molecule has 0 aliphatic carbocycles. The molecule has 0 saturated carbocycles. The summed E-state index contributed by atoms with van der Waals surface area (Å²) in [6, 6.07) is 2.35. The second kappa shape index (κ2) is 16.5. The lowest BCUT2D eigenvalue weighted by atomic mass is 10.3. The minimum absolute atomic E-state index is 0.239. The van der Waals surface area contributed by atoms with E-state index in [2.05, 4.69) is 45.0 Å². The van der Waals surface area contributed by atoms with E-state index in [9.17, 15) is 9.59 Å². The standard InChI is InChI=1S/C22H45NO6Si2/c1-8-9-18-30(4,5)29-31(6,7)19-12-15-26-14-11-17-28-22(25)23-13-10-16-27-21(24)20(2)3/h2,8-19H2,1,3-7H3,(H,23,25). The molecule has 0 spiro atoms. The van der Waals surface area contributed by atoms with E-state index in [-0.39, 0.29) is 6.61 Å². The average Bonchev–Trinajstić information content (AvgIpc) is 2.67. The van der Waals surface area contributed by atoms with Gasteiger partial charge in [0.15, 0.2) is 16.6 Å². The summed E-state index contributed by atoms with van der Waals surface area (Å²) in [5, 5.41) is 2.62. The Balaban J connectivity index is 3.64. The van der Waals surface area contributed by atoms with Crippen LogP contribution in [-0.4, -0.2) is 61.7 Å². The molecule has 0 aromatic carbocycles. The number of hydrogen-bond acceptors (Lipinski definition) is 6. The van der Waals surface area contributed by atoms with Gasteiger partial charge in [-0.15, -0.1) is 0 Å². The Bertz CT molecular complexity index is 540. The van der Waals surface area contributed by atoms with Gasteiger partial charge in [0.2, 0.25) is 0 Å². The molecule has 0 saturated heterocycles. The van der Waals surface area contributed by atoms with Crippen molar-refractivity contribution in [3.8, 4) is 0 Å². The highest BCUT2D eigenvalue weighted by Crippen LogP contribution is 2.24. The molecule has 182 valence electrons. The lowest BCUT2D eigenvalue weighted by molar-refractivity contribution is -0.138. The fourth-order valence-electron chi connectivity index (χ4n) is 3.08. The monoisotopic (exact) mass is 475 g/mol. The maximum atomic E-state index is 11.6. The zero-order valence-corrected chi connectivity index (χ0v) is 22.6. The maximum absolute atomic E-state index is 11.6. The Morgan fingerprint density at radius 2 is 1.42 bits per heavy atom. The molecule has 0 aromatic rings. The van der Waals surface area contributed by atoms with Gasteiger partial charge in [-0.3, -0.25) is 0 Å². The molecular formula is C22H45NO6Si2. The van der Waals surface area contributed by atoms with Gasteiger partial charge in [-0.1, -0.05) is 26.3 Å². The number of hydrogen-bond donors (Lipinski definition) is 1. The summed E-state index contributed by atoms with van der Waals surface area (Å²) in [5.74, 6) is -0.418. The lowest BCUT2D eigenvalue weighted by Crippen LogP contribution is -2.44. The van der Waals surface area contributed by atoms with Crippen molar-refractivity contribution in [2.24, 2.45) is 0 Å². The first-order valence-electron chi connectivity index (χ1n) is 11.5. The van der Waals surface area contributed by atoms with E-state index in [1.165, 1.54) is 18.9 Å². The fraction of sp³-hybridized carbons (Fsp3) is 0.818. The summed E-state index contributed by atoms with van der Waals surface area (Å²) < 4.78 is 22.3. The highest BCUT2D eigenvalue weighted by molar-refractivity contribution is 6.84. The van der Waals surface area contributed by atoms with Crippen LogP contribution >= 0.6 is 0 Å². The first-order valence-corrected chi connectivity index (χ1v) is 17.7. The zero-order chi connectivity index (χ0) is 23.8. The van der Waals surface area contributed by atoms with Crippen molar-refractivity contribution < 1.29 is 27.9 Å². The van der Waals surface area contributed by atoms with Crippen LogP contribution in [0.1, 0.15) is 46.0 Å². The van der Waals surface area contributed by atoms with Crippen LogP contribution in [0, 0.1) is 0 Å². The molecule has 0 aliphatic rings. The molecule has 0 aliphatic heterocycles. The molecule has 1 N–H and O–H groups in total. The third-order valence-corrected chi connectivity index (χ3v) is 12.1. The molecule has 0 heterocycles. The van der Waals surface area contributed by atoms with Gasteiger partial charge < -0.3 is 23.6 Å². The summed E-state index contributed by atoms with van der Waals surface area (Å²) in [5.41, 5.74) is 0.363. The second-order valence-corrected chi connectivity index (χ2v) is 18.0. The minimum atomic E-state index is -1.64. The molecule has 7 nitrogen and oxygen atoms in total. The number of ether oxygens (including phenoxy) is 3. The SMILES string of the molecule is C=C(C)C(=O)OCCCNC(=O)OCCCOCCC[Si](C)(C)O[Si](C)(C)CCCC. The predicted octanol–water partition coefficient (Wildman–Crippen LogP) is 5.25. The van der Waals surface area contributed by atoms with Crippen LogP contribution in [-0.2, 0) is 23.1 Å². The molecule has 0 rings (SSSR count). The van der Waals surface area contributed by atoms with E-state index in [0.29, 0.717) is 44.8 Å². The van der Waals surface area contributed by atoms with E-state index in [4.69, 9.17) is 18.3 Å². The molecule has 0 bridgehead atoms. The van der Waals surface area contributed by atoms with Crippen LogP contribution < -0.4 is 5.32 Å². The smallest absolute Gasteiger partial charge is 0.407 e. The summed E-state index contributed by atoms with van der Waals surface area (Å²) in [4.78, 5) is 22.8. The van der Waals surface area contributed by atoms with Gasteiger partial charge >= 0.3 is 12.1 Å². The minimum Gasteiger partial charge on any atom is -0.462 e. The highest BCUT2D eigenvalue weighted by Gasteiger charge is 2.31. The van der Waals surface area contributed by atoms with Crippen LogP contribution in [0.3, 0.4) is 0 Å². The molecule has 0 aromatic heterocycles. The van der Waals surface area contributed by atoms with Gasteiger partial charge in [-0.25, -0.2) is 9.59 Å². The van der Waals surface area contributed by atoms with Crippen molar-refractivity contribution in [3.05, 3.63) is 12.2 Å². The summed E-state index contributed by atoms with van der Waals surface area (Å²) in [6.45, 7) is 18.8. The average molecular weight is 476 g/mol. The number of carbonyl (C=O) groups excluding carboxylic acids is 2. The number of esters is 1. The molecule has 0 fully saturated rings. The molecule has 0 atom stereocenters. The van der Waals surface area contributed by atoms with E-state index < -0.39 is 28.7 Å².